The van der Waals surface area contributed by atoms with Crippen molar-refractivity contribution in [2.45, 2.75) is 32.7 Å². The Morgan fingerprint density at radius 2 is 2.35 bits per heavy atom. The summed E-state index contributed by atoms with van der Waals surface area (Å²) in [5, 5.41) is 0. The van der Waals surface area contributed by atoms with E-state index < -0.39 is 0 Å². The maximum atomic E-state index is 12.7. The first kappa shape index (κ1) is 14.9. The first-order valence-corrected chi connectivity index (χ1v) is 7.39. The van der Waals surface area contributed by atoms with E-state index in [2.05, 4.69) is 6.92 Å². The van der Waals surface area contributed by atoms with Crippen LogP contribution in [-0.4, -0.2) is 42.2 Å². The number of likely N-dealkylation sites (tertiary alicyclic amines) is 1. The van der Waals surface area contributed by atoms with Gasteiger partial charge in [0.05, 0.1) is 12.3 Å². The third kappa shape index (κ3) is 3.33. The molecule has 2 rings (SSSR count). The van der Waals surface area contributed by atoms with Gasteiger partial charge in [-0.2, -0.15) is 0 Å². The first-order chi connectivity index (χ1) is 9.65. The van der Waals surface area contributed by atoms with Crippen LogP contribution >= 0.6 is 0 Å². The van der Waals surface area contributed by atoms with Crippen LogP contribution in [-0.2, 0) is 11.3 Å². The lowest BCUT2D eigenvalue weighted by molar-refractivity contribution is 0.0561. The highest BCUT2D eigenvalue weighted by molar-refractivity contribution is 5.94. The highest BCUT2D eigenvalue weighted by Crippen LogP contribution is 2.20. The van der Waals surface area contributed by atoms with Crippen LogP contribution in [0, 0.1) is 5.92 Å². The molecule has 0 aliphatic carbocycles. The molecule has 1 atom stereocenters. The molecule has 1 fully saturated rings. The lowest BCUT2D eigenvalue weighted by atomic mass is 9.99. The van der Waals surface area contributed by atoms with E-state index in [-0.39, 0.29) is 5.91 Å². The summed E-state index contributed by atoms with van der Waals surface area (Å²) in [6, 6.07) is 1.79. The summed E-state index contributed by atoms with van der Waals surface area (Å²) in [5.41, 5.74) is 7.21. The largest absolute Gasteiger partial charge is 0.397 e. The quantitative estimate of drug-likeness (QED) is 0.896. The van der Waals surface area contributed by atoms with Gasteiger partial charge in [-0.05, 0) is 31.2 Å². The van der Waals surface area contributed by atoms with Crippen molar-refractivity contribution in [2.75, 3.05) is 32.5 Å². The molecule has 2 heterocycles. The van der Waals surface area contributed by atoms with E-state index in [9.17, 15) is 4.79 Å². The molecule has 5 nitrogen and oxygen atoms in total. The third-order valence-electron chi connectivity index (χ3n) is 3.81. The number of nitrogen functional groups attached to an aromatic ring is 1. The van der Waals surface area contributed by atoms with E-state index in [0.29, 0.717) is 17.3 Å². The zero-order valence-corrected chi connectivity index (χ0v) is 12.5. The maximum absolute atomic E-state index is 12.7. The van der Waals surface area contributed by atoms with Crippen LogP contribution in [0.1, 0.15) is 36.7 Å². The van der Waals surface area contributed by atoms with Crippen LogP contribution in [0.5, 0.6) is 0 Å². The average Bonchev–Trinajstić information content (AvgIpc) is 2.80. The fourth-order valence-corrected chi connectivity index (χ4v) is 2.92. The summed E-state index contributed by atoms with van der Waals surface area (Å²) >= 11 is 0. The SMILES string of the molecule is CCCn1cc(N)cc1C(=O)N1CCCC(COC)C1. The van der Waals surface area contributed by atoms with Crippen LogP contribution in [0.25, 0.3) is 0 Å². The fourth-order valence-electron chi connectivity index (χ4n) is 2.92. The molecule has 5 heteroatoms. The highest BCUT2D eigenvalue weighted by atomic mass is 16.5. The van der Waals surface area contributed by atoms with Crippen molar-refractivity contribution in [1.82, 2.24) is 9.47 Å². The Bertz CT molecular complexity index is 454. The Morgan fingerprint density at radius 3 is 3.05 bits per heavy atom. The van der Waals surface area contributed by atoms with E-state index in [1.165, 1.54) is 0 Å². The van der Waals surface area contributed by atoms with Gasteiger partial charge in [0, 0.05) is 32.9 Å². The number of rotatable bonds is 5. The van der Waals surface area contributed by atoms with Crippen LogP contribution in [0.4, 0.5) is 5.69 Å². The third-order valence-corrected chi connectivity index (χ3v) is 3.81. The van der Waals surface area contributed by atoms with Crippen LogP contribution in [0.3, 0.4) is 0 Å². The Balaban J connectivity index is 2.10. The Morgan fingerprint density at radius 1 is 1.55 bits per heavy atom. The predicted octanol–water partition coefficient (Wildman–Crippen LogP) is 1.98. The summed E-state index contributed by atoms with van der Waals surface area (Å²) in [5.74, 6) is 0.542. The molecule has 1 aliphatic rings. The zero-order chi connectivity index (χ0) is 14.5. The second-order valence-corrected chi connectivity index (χ2v) is 5.57. The van der Waals surface area contributed by atoms with Gasteiger partial charge in [-0.15, -0.1) is 0 Å². The zero-order valence-electron chi connectivity index (χ0n) is 12.5. The monoisotopic (exact) mass is 279 g/mol. The number of anilines is 1. The average molecular weight is 279 g/mol. The van der Waals surface area contributed by atoms with E-state index in [0.717, 1.165) is 45.5 Å². The number of carbonyl (C=O) groups excluding carboxylic acids is 1. The number of aryl methyl sites for hydroxylation is 1. The van der Waals surface area contributed by atoms with Gasteiger partial charge >= 0.3 is 0 Å². The van der Waals surface area contributed by atoms with Crippen molar-refractivity contribution in [3.8, 4) is 0 Å². The van der Waals surface area contributed by atoms with E-state index in [1.54, 1.807) is 13.2 Å². The van der Waals surface area contributed by atoms with Gasteiger partial charge in [0.15, 0.2) is 0 Å². The lowest BCUT2D eigenvalue weighted by Crippen LogP contribution is -2.41. The number of piperidine rings is 1. The van der Waals surface area contributed by atoms with Crippen LogP contribution in [0.15, 0.2) is 12.3 Å². The minimum absolute atomic E-state index is 0.0935. The van der Waals surface area contributed by atoms with Crippen molar-refractivity contribution in [2.24, 2.45) is 5.92 Å². The van der Waals surface area contributed by atoms with Crippen molar-refractivity contribution in [3.05, 3.63) is 18.0 Å². The molecule has 1 aromatic heterocycles. The maximum Gasteiger partial charge on any atom is 0.270 e. The molecule has 2 N–H and O–H groups in total. The Hall–Kier alpha value is -1.49. The number of methoxy groups -OCH3 is 1. The lowest BCUT2D eigenvalue weighted by Gasteiger charge is -2.32. The minimum atomic E-state index is 0.0935. The van der Waals surface area contributed by atoms with E-state index >= 15 is 0 Å². The fraction of sp³-hybridized carbons (Fsp3) is 0.667. The normalized spacial score (nSPS) is 19.3. The summed E-state index contributed by atoms with van der Waals surface area (Å²) in [7, 11) is 1.72. The second kappa shape index (κ2) is 6.79. The molecule has 0 spiro atoms. The molecule has 1 amide bonds. The molecule has 1 saturated heterocycles. The molecule has 1 aromatic rings. The molecule has 20 heavy (non-hydrogen) atoms. The number of nitrogens with zero attached hydrogens (tertiary/aromatic N) is 2. The van der Waals surface area contributed by atoms with Gasteiger partial charge in [-0.1, -0.05) is 6.92 Å². The van der Waals surface area contributed by atoms with Crippen LogP contribution < -0.4 is 5.73 Å². The van der Waals surface area contributed by atoms with Gasteiger partial charge in [0.2, 0.25) is 0 Å². The van der Waals surface area contributed by atoms with Gasteiger partial charge in [-0.3, -0.25) is 4.79 Å². The molecular weight excluding hydrogens is 254 g/mol. The number of nitrogens with two attached hydrogens (primary N) is 1. The van der Waals surface area contributed by atoms with Crippen molar-refractivity contribution in [1.29, 1.82) is 0 Å². The van der Waals surface area contributed by atoms with Crippen molar-refractivity contribution in [3.63, 3.8) is 0 Å². The van der Waals surface area contributed by atoms with Crippen LogP contribution in [0.2, 0.25) is 0 Å². The Kier molecular flexibility index (Phi) is 5.06. The smallest absolute Gasteiger partial charge is 0.270 e. The highest BCUT2D eigenvalue weighted by Gasteiger charge is 2.26. The molecule has 0 aromatic carbocycles. The first-order valence-electron chi connectivity index (χ1n) is 7.39. The Labute approximate surface area is 120 Å². The topological polar surface area (TPSA) is 60.5 Å². The molecule has 0 saturated carbocycles. The summed E-state index contributed by atoms with van der Waals surface area (Å²) < 4.78 is 7.19. The molecule has 1 aliphatic heterocycles. The molecule has 112 valence electrons. The molecule has 0 bridgehead atoms. The van der Waals surface area contributed by atoms with Gasteiger partial charge < -0.3 is 19.9 Å². The predicted molar refractivity (Wildman–Crippen MR) is 79.6 cm³/mol. The summed E-state index contributed by atoms with van der Waals surface area (Å²) in [6.07, 6.45) is 5.02. The van der Waals surface area contributed by atoms with Crippen molar-refractivity contribution >= 4 is 11.6 Å². The minimum Gasteiger partial charge on any atom is -0.397 e. The standard InChI is InChI=1S/C15H25N3O2/c1-3-6-17-10-13(16)8-14(17)15(19)18-7-4-5-12(9-18)11-20-2/h8,10,12H,3-7,9,11,16H2,1-2H3. The summed E-state index contributed by atoms with van der Waals surface area (Å²) in [4.78, 5) is 14.6. The van der Waals surface area contributed by atoms with Gasteiger partial charge in [0.1, 0.15) is 5.69 Å². The van der Waals surface area contributed by atoms with E-state index in [1.807, 2.05) is 15.7 Å². The number of hydrogen-bond donors (Lipinski definition) is 1. The van der Waals surface area contributed by atoms with Crippen molar-refractivity contribution < 1.29 is 9.53 Å². The number of aromatic nitrogens is 1. The molecule has 1 unspecified atom stereocenters. The number of amides is 1. The number of ether oxygens (including phenoxy) is 1. The summed E-state index contributed by atoms with van der Waals surface area (Å²) in [6.45, 7) is 5.26. The molecular formula is C15H25N3O2. The number of carbonyl (C=O) groups is 1. The van der Waals surface area contributed by atoms with Gasteiger partial charge in [0.25, 0.3) is 5.91 Å². The molecule has 0 radical (unpaired) electrons. The van der Waals surface area contributed by atoms with Gasteiger partial charge in [-0.25, -0.2) is 0 Å². The number of hydrogen-bond acceptors (Lipinski definition) is 3. The second-order valence-electron chi connectivity index (χ2n) is 5.57. The van der Waals surface area contributed by atoms with E-state index in [4.69, 9.17) is 10.5 Å².